The summed E-state index contributed by atoms with van der Waals surface area (Å²) >= 11 is 0. The molecule has 2 heterocycles. The van der Waals surface area contributed by atoms with Crippen LogP contribution in [0.2, 0.25) is 0 Å². The molecule has 2 unspecified atom stereocenters. The predicted molar refractivity (Wildman–Crippen MR) is 56.4 cm³/mol. The Balaban J connectivity index is 2.27. The van der Waals surface area contributed by atoms with Crippen molar-refractivity contribution >= 4 is 0 Å². The van der Waals surface area contributed by atoms with Gasteiger partial charge in [-0.05, 0) is 13.8 Å². The number of aryl methyl sites for hydroxylation is 1. The van der Waals surface area contributed by atoms with Crippen LogP contribution in [0.3, 0.4) is 0 Å². The first kappa shape index (κ1) is 10.6. The number of nitrogens with zero attached hydrogens (tertiary/aromatic N) is 2. The van der Waals surface area contributed by atoms with Crippen LogP contribution < -0.4 is 0 Å². The lowest BCUT2D eigenvalue weighted by Crippen LogP contribution is -2.39. The lowest BCUT2D eigenvalue weighted by atomic mass is 9.90. The van der Waals surface area contributed by atoms with Crippen LogP contribution in [0.4, 0.5) is 0 Å². The molecule has 1 aliphatic rings. The van der Waals surface area contributed by atoms with Gasteiger partial charge in [-0.15, -0.1) is 0 Å². The third-order valence-corrected chi connectivity index (χ3v) is 3.02. The molecule has 1 saturated heterocycles. The highest BCUT2D eigenvalue weighted by Gasteiger charge is 2.38. The first-order chi connectivity index (χ1) is 7.15. The van der Waals surface area contributed by atoms with E-state index in [4.69, 9.17) is 4.74 Å². The topological polar surface area (TPSA) is 47.3 Å². The second-order valence-electron chi connectivity index (χ2n) is 4.20. The molecule has 0 saturated carbocycles. The van der Waals surface area contributed by atoms with E-state index in [0.29, 0.717) is 19.4 Å². The Morgan fingerprint density at radius 1 is 1.73 bits per heavy atom. The summed E-state index contributed by atoms with van der Waals surface area (Å²) in [7, 11) is 0. The zero-order valence-corrected chi connectivity index (χ0v) is 9.31. The number of aromatic nitrogens is 2. The lowest BCUT2D eigenvalue weighted by Gasteiger charge is -2.35. The van der Waals surface area contributed by atoms with Crippen molar-refractivity contribution in [3.05, 3.63) is 18.2 Å². The Labute approximate surface area is 89.9 Å². The van der Waals surface area contributed by atoms with Crippen LogP contribution in [0.1, 0.15) is 32.5 Å². The van der Waals surface area contributed by atoms with Crippen LogP contribution in [0, 0.1) is 0 Å². The van der Waals surface area contributed by atoms with Gasteiger partial charge in [0.05, 0.1) is 12.7 Å². The van der Waals surface area contributed by atoms with Gasteiger partial charge in [0.2, 0.25) is 0 Å². The Kier molecular flexibility index (Phi) is 2.80. The van der Waals surface area contributed by atoms with Crippen molar-refractivity contribution < 1.29 is 9.84 Å². The molecule has 2 atom stereocenters. The van der Waals surface area contributed by atoms with Gasteiger partial charge in [0.25, 0.3) is 0 Å². The van der Waals surface area contributed by atoms with Gasteiger partial charge in [0, 0.05) is 31.8 Å². The highest BCUT2D eigenvalue weighted by molar-refractivity contribution is 5.06. The highest BCUT2D eigenvalue weighted by atomic mass is 16.5. The van der Waals surface area contributed by atoms with E-state index in [1.807, 2.05) is 17.7 Å². The molecule has 15 heavy (non-hydrogen) atoms. The summed E-state index contributed by atoms with van der Waals surface area (Å²) in [6.07, 6.45) is 5.02. The first-order valence-corrected chi connectivity index (χ1v) is 5.51. The van der Waals surface area contributed by atoms with Gasteiger partial charge in [-0.25, -0.2) is 4.98 Å². The SMILES string of the molecule is CCn1ccnc1C1(O)CCOC(C)C1. The van der Waals surface area contributed by atoms with Crippen molar-refractivity contribution in [2.24, 2.45) is 0 Å². The van der Waals surface area contributed by atoms with E-state index in [9.17, 15) is 5.11 Å². The van der Waals surface area contributed by atoms with Gasteiger partial charge in [-0.3, -0.25) is 0 Å². The molecule has 1 fully saturated rings. The summed E-state index contributed by atoms with van der Waals surface area (Å²) in [5.41, 5.74) is -0.808. The van der Waals surface area contributed by atoms with E-state index >= 15 is 0 Å². The third-order valence-electron chi connectivity index (χ3n) is 3.02. The molecule has 0 aromatic carbocycles. The Morgan fingerprint density at radius 3 is 3.20 bits per heavy atom. The van der Waals surface area contributed by atoms with E-state index in [2.05, 4.69) is 11.9 Å². The second-order valence-corrected chi connectivity index (χ2v) is 4.20. The van der Waals surface area contributed by atoms with Crippen LogP contribution in [-0.2, 0) is 16.9 Å². The first-order valence-electron chi connectivity index (χ1n) is 5.51. The van der Waals surface area contributed by atoms with Crippen LogP contribution in [0.25, 0.3) is 0 Å². The van der Waals surface area contributed by atoms with E-state index in [-0.39, 0.29) is 6.10 Å². The van der Waals surface area contributed by atoms with Gasteiger partial charge in [-0.1, -0.05) is 0 Å². The van der Waals surface area contributed by atoms with Crippen molar-refractivity contribution in [2.45, 2.75) is 44.9 Å². The summed E-state index contributed by atoms with van der Waals surface area (Å²) < 4.78 is 7.45. The molecular weight excluding hydrogens is 192 g/mol. The molecule has 4 nitrogen and oxygen atoms in total. The zero-order chi connectivity index (χ0) is 10.9. The molecule has 4 heteroatoms. The number of aliphatic hydroxyl groups is 1. The summed E-state index contributed by atoms with van der Waals surface area (Å²) in [4.78, 5) is 4.27. The highest BCUT2D eigenvalue weighted by Crippen LogP contribution is 2.33. The normalized spacial score (nSPS) is 31.8. The maximum Gasteiger partial charge on any atom is 0.140 e. The molecule has 0 aliphatic carbocycles. The molecule has 2 rings (SSSR count). The van der Waals surface area contributed by atoms with E-state index in [1.165, 1.54) is 0 Å². The smallest absolute Gasteiger partial charge is 0.140 e. The fourth-order valence-corrected chi connectivity index (χ4v) is 2.24. The minimum absolute atomic E-state index is 0.103. The number of rotatable bonds is 2. The summed E-state index contributed by atoms with van der Waals surface area (Å²) in [5.74, 6) is 0.778. The summed E-state index contributed by atoms with van der Waals surface area (Å²) in [6, 6.07) is 0. The summed E-state index contributed by atoms with van der Waals surface area (Å²) in [5, 5.41) is 10.6. The molecule has 0 bridgehead atoms. The van der Waals surface area contributed by atoms with Crippen molar-refractivity contribution in [1.29, 1.82) is 0 Å². The average Bonchev–Trinajstić information content (AvgIpc) is 2.65. The standard InChI is InChI=1S/C11H18N2O2/c1-3-13-6-5-12-10(13)11(14)4-7-15-9(2)8-11/h5-6,9,14H,3-4,7-8H2,1-2H3. The number of ether oxygens (including phenoxy) is 1. The molecule has 1 aliphatic heterocycles. The van der Waals surface area contributed by atoms with E-state index < -0.39 is 5.60 Å². The molecule has 1 N–H and O–H groups in total. The fraction of sp³-hybridized carbons (Fsp3) is 0.727. The largest absolute Gasteiger partial charge is 0.382 e. The summed E-state index contributed by atoms with van der Waals surface area (Å²) in [6.45, 7) is 5.49. The van der Waals surface area contributed by atoms with Gasteiger partial charge in [0.15, 0.2) is 0 Å². The monoisotopic (exact) mass is 210 g/mol. The van der Waals surface area contributed by atoms with Crippen LogP contribution in [0.15, 0.2) is 12.4 Å². The van der Waals surface area contributed by atoms with Gasteiger partial charge in [-0.2, -0.15) is 0 Å². The number of hydrogen-bond acceptors (Lipinski definition) is 3. The number of hydrogen-bond donors (Lipinski definition) is 1. The van der Waals surface area contributed by atoms with E-state index in [1.54, 1.807) is 6.20 Å². The van der Waals surface area contributed by atoms with Crippen molar-refractivity contribution in [1.82, 2.24) is 9.55 Å². The lowest BCUT2D eigenvalue weighted by molar-refractivity contribution is -0.107. The maximum atomic E-state index is 10.6. The van der Waals surface area contributed by atoms with Crippen molar-refractivity contribution in [3.8, 4) is 0 Å². The Hall–Kier alpha value is -0.870. The van der Waals surface area contributed by atoms with Crippen LogP contribution >= 0.6 is 0 Å². The average molecular weight is 210 g/mol. The fourth-order valence-electron chi connectivity index (χ4n) is 2.24. The van der Waals surface area contributed by atoms with Gasteiger partial charge < -0.3 is 14.4 Å². The van der Waals surface area contributed by atoms with Gasteiger partial charge in [0.1, 0.15) is 11.4 Å². The molecule has 1 aromatic rings. The van der Waals surface area contributed by atoms with Crippen LogP contribution in [-0.4, -0.2) is 27.4 Å². The second kappa shape index (κ2) is 3.94. The molecular formula is C11H18N2O2. The van der Waals surface area contributed by atoms with Crippen LogP contribution in [0.5, 0.6) is 0 Å². The molecule has 1 aromatic heterocycles. The minimum atomic E-state index is -0.808. The number of imidazole rings is 1. The predicted octanol–water partition coefficient (Wildman–Crippen LogP) is 1.29. The minimum Gasteiger partial charge on any atom is -0.382 e. The van der Waals surface area contributed by atoms with E-state index in [0.717, 1.165) is 12.4 Å². The molecule has 0 spiro atoms. The maximum absolute atomic E-state index is 10.6. The third kappa shape index (κ3) is 1.92. The van der Waals surface area contributed by atoms with Crippen molar-refractivity contribution in [2.75, 3.05) is 6.61 Å². The van der Waals surface area contributed by atoms with Crippen molar-refractivity contribution in [3.63, 3.8) is 0 Å². The Morgan fingerprint density at radius 2 is 2.53 bits per heavy atom. The Bertz CT molecular complexity index is 337. The molecule has 0 amide bonds. The molecule has 84 valence electrons. The van der Waals surface area contributed by atoms with Gasteiger partial charge >= 0.3 is 0 Å². The zero-order valence-electron chi connectivity index (χ0n) is 9.31. The quantitative estimate of drug-likeness (QED) is 0.800. The molecule has 0 radical (unpaired) electrons.